The first-order chi connectivity index (χ1) is 11.5. The number of benzene rings is 1. The molecule has 0 aromatic heterocycles. The molecule has 5 N–H and O–H groups in total. The summed E-state index contributed by atoms with van der Waals surface area (Å²) in [5.74, 6) is 0.151. The predicted molar refractivity (Wildman–Crippen MR) is 89.5 cm³/mol. The Balaban J connectivity index is 1.60. The molecule has 24 heavy (non-hydrogen) atoms. The molecule has 1 atom stereocenters. The Morgan fingerprint density at radius 2 is 2.17 bits per heavy atom. The normalized spacial score (nSPS) is 20.6. The van der Waals surface area contributed by atoms with Crippen LogP contribution in [0.15, 0.2) is 23.2 Å². The van der Waals surface area contributed by atoms with Crippen molar-refractivity contribution in [3.63, 3.8) is 0 Å². The van der Waals surface area contributed by atoms with Crippen LogP contribution in [-0.4, -0.2) is 41.4 Å². The van der Waals surface area contributed by atoms with Crippen molar-refractivity contribution in [2.75, 3.05) is 18.5 Å². The lowest BCUT2D eigenvalue weighted by molar-refractivity contribution is -0.122. The number of carbonyl (C=O) groups is 2. The average molecular weight is 349 g/mol. The van der Waals surface area contributed by atoms with E-state index in [1.165, 1.54) is 0 Å². The summed E-state index contributed by atoms with van der Waals surface area (Å²) in [5, 5.41) is 11.9. The maximum Gasteiger partial charge on any atom is 0.240 e. The molecule has 1 fully saturated rings. The Morgan fingerprint density at radius 3 is 2.92 bits per heavy atom. The minimum Gasteiger partial charge on any atom is -0.486 e. The van der Waals surface area contributed by atoms with Crippen LogP contribution in [0.2, 0.25) is 0 Å². The number of amidine groups is 1. The highest BCUT2D eigenvalue weighted by molar-refractivity contribution is 8.15. The molecule has 2 amide bonds. The van der Waals surface area contributed by atoms with Gasteiger partial charge in [0.15, 0.2) is 16.7 Å². The van der Waals surface area contributed by atoms with E-state index in [4.69, 9.17) is 20.6 Å². The second kappa shape index (κ2) is 6.79. The Bertz CT molecular complexity index is 736. The summed E-state index contributed by atoms with van der Waals surface area (Å²) >= 11 is 1.07. The van der Waals surface area contributed by atoms with Crippen LogP contribution in [0.5, 0.6) is 11.5 Å². The summed E-state index contributed by atoms with van der Waals surface area (Å²) in [6.45, 7) is 0.957. The third-order valence-corrected chi connectivity index (χ3v) is 4.28. The van der Waals surface area contributed by atoms with Crippen LogP contribution in [0.4, 0.5) is 5.69 Å². The summed E-state index contributed by atoms with van der Waals surface area (Å²) in [4.78, 5) is 27.6. The molecule has 0 bridgehead atoms. The van der Waals surface area contributed by atoms with Gasteiger partial charge in [-0.25, -0.2) is 0 Å². The van der Waals surface area contributed by atoms with Gasteiger partial charge < -0.3 is 25.8 Å². The molecule has 0 saturated carbocycles. The predicted octanol–water partition coefficient (Wildman–Crippen LogP) is 0.267. The summed E-state index contributed by atoms with van der Waals surface area (Å²) in [6, 6.07) is 5.10. The number of hydrogen-bond acceptors (Lipinski definition) is 6. The second-order valence-corrected chi connectivity index (χ2v) is 6.20. The van der Waals surface area contributed by atoms with Gasteiger partial charge in [-0.05, 0) is 12.1 Å². The van der Waals surface area contributed by atoms with Gasteiger partial charge in [-0.1, -0.05) is 11.8 Å². The van der Waals surface area contributed by atoms with E-state index in [1.54, 1.807) is 18.2 Å². The average Bonchev–Trinajstić information content (AvgIpc) is 2.85. The number of nitrogens with zero attached hydrogens (tertiary/aromatic N) is 1. The van der Waals surface area contributed by atoms with Crippen LogP contribution in [0.3, 0.4) is 0 Å². The lowest BCUT2D eigenvalue weighted by atomic mass is 10.2. The van der Waals surface area contributed by atoms with Gasteiger partial charge >= 0.3 is 0 Å². The van der Waals surface area contributed by atoms with Crippen molar-refractivity contribution >= 4 is 40.4 Å². The molecule has 10 heteroatoms. The zero-order valence-corrected chi connectivity index (χ0v) is 13.3. The van der Waals surface area contributed by atoms with Crippen molar-refractivity contribution in [3.8, 4) is 11.5 Å². The van der Waals surface area contributed by atoms with Gasteiger partial charge in [-0.15, -0.1) is 0 Å². The summed E-state index contributed by atoms with van der Waals surface area (Å²) in [6.07, 6.45) is -0.0259. The van der Waals surface area contributed by atoms with Gasteiger partial charge in [0.2, 0.25) is 17.8 Å². The largest absolute Gasteiger partial charge is 0.486 e. The molecule has 2 heterocycles. The van der Waals surface area contributed by atoms with Gasteiger partial charge in [0.05, 0.1) is 0 Å². The molecular weight excluding hydrogens is 334 g/mol. The van der Waals surface area contributed by atoms with Crippen LogP contribution in [0, 0.1) is 5.41 Å². The minimum absolute atomic E-state index is 0.0259. The van der Waals surface area contributed by atoms with Crippen molar-refractivity contribution in [1.29, 1.82) is 5.41 Å². The van der Waals surface area contributed by atoms with Crippen molar-refractivity contribution in [3.05, 3.63) is 18.2 Å². The van der Waals surface area contributed by atoms with Crippen LogP contribution in [0.25, 0.3) is 0 Å². The Hall–Kier alpha value is -2.75. The smallest absolute Gasteiger partial charge is 0.240 e. The molecule has 2 aliphatic rings. The zero-order valence-electron chi connectivity index (χ0n) is 12.5. The number of rotatable bonds is 3. The molecule has 0 aliphatic carbocycles. The molecule has 1 unspecified atom stereocenters. The highest BCUT2D eigenvalue weighted by Crippen LogP contribution is 2.32. The van der Waals surface area contributed by atoms with Gasteiger partial charge in [0.1, 0.15) is 18.5 Å². The maximum absolute atomic E-state index is 12.1. The van der Waals surface area contributed by atoms with Crippen LogP contribution in [-0.2, 0) is 9.59 Å². The number of hydrogen-bond donors (Lipinski definition) is 4. The van der Waals surface area contributed by atoms with Crippen molar-refractivity contribution in [2.24, 2.45) is 10.7 Å². The van der Waals surface area contributed by atoms with E-state index in [2.05, 4.69) is 15.6 Å². The third kappa shape index (κ3) is 3.77. The van der Waals surface area contributed by atoms with Gasteiger partial charge in [-0.3, -0.25) is 15.0 Å². The first-order valence-electron chi connectivity index (χ1n) is 7.11. The topological polar surface area (TPSA) is 139 Å². The van der Waals surface area contributed by atoms with Crippen molar-refractivity contribution < 1.29 is 19.1 Å². The molecule has 1 aromatic carbocycles. The third-order valence-electron chi connectivity index (χ3n) is 3.20. The first kappa shape index (κ1) is 16.1. The highest BCUT2D eigenvalue weighted by atomic mass is 32.2. The number of anilines is 1. The Kier molecular flexibility index (Phi) is 4.56. The number of thioether (sulfide) groups is 1. The molecule has 2 aliphatic heterocycles. The molecule has 1 saturated heterocycles. The molecule has 9 nitrogen and oxygen atoms in total. The number of guanidine groups is 1. The lowest BCUT2D eigenvalue weighted by Crippen LogP contribution is -2.28. The standard InChI is InChI=1S/C14H15N5O4S/c15-13(16)19-14-18-12(21)10(24-14)6-11(20)17-7-1-2-8-9(5-7)23-4-3-22-8/h1-2,5,10H,3-4,6H2,(H,17,20)(H4,15,16,18,19,21). The van der Waals surface area contributed by atoms with Crippen molar-refractivity contribution in [2.45, 2.75) is 11.7 Å². The summed E-state index contributed by atoms with van der Waals surface area (Å²) in [7, 11) is 0. The molecule has 0 spiro atoms. The minimum atomic E-state index is -0.611. The summed E-state index contributed by atoms with van der Waals surface area (Å²) in [5.41, 5.74) is 5.71. The van der Waals surface area contributed by atoms with Crippen LogP contribution < -0.4 is 25.8 Å². The van der Waals surface area contributed by atoms with E-state index < -0.39 is 11.2 Å². The SMILES string of the molecule is N=C(N)N=C1NC(=O)C(CC(=O)Nc2ccc3c(c2)OCCO3)S1. The summed E-state index contributed by atoms with van der Waals surface area (Å²) < 4.78 is 10.9. The fourth-order valence-electron chi connectivity index (χ4n) is 2.20. The van der Waals surface area contributed by atoms with E-state index in [0.29, 0.717) is 30.4 Å². The molecular formula is C14H15N5O4S. The van der Waals surface area contributed by atoms with Gasteiger partial charge in [-0.2, -0.15) is 4.99 Å². The number of aliphatic imine (C=N–C) groups is 1. The molecule has 126 valence electrons. The highest BCUT2D eigenvalue weighted by Gasteiger charge is 2.32. The number of nitrogens with two attached hydrogens (primary N) is 1. The van der Waals surface area contributed by atoms with E-state index in [1.807, 2.05) is 0 Å². The van der Waals surface area contributed by atoms with E-state index >= 15 is 0 Å². The fraction of sp³-hybridized carbons (Fsp3) is 0.286. The number of ether oxygens (including phenoxy) is 2. The zero-order chi connectivity index (χ0) is 17.1. The Labute approximate surface area is 141 Å². The quantitative estimate of drug-likeness (QED) is 0.456. The Morgan fingerprint density at radius 1 is 1.42 bits per heavy atom. The first-order valence-corrected chi connectivity index (χ1v) is 7.99. The lowest BCUT2D eigenvalue weighted by Gasteiger charge is -2.19. The van der Waals surface area contributed by atoms with Gasteiger partial charge in [0, 0.05) is 18.2 Å². The van der Waals surface area contributed by atoms with Crippen molar-refractivity contribution in [1.82, 2.24) is 5.32 Å². The molecule has 3 rings (SSSR count). The van der Waals surface area contributed by atoms with E-state index in [9.17, 15) is 9.59 Å². The molecule has 1 aromatic rings. The fourth-order valence-corrected chi connectivity index (χ4v) is 3.18. The molecule has 0 radical (unpaired) electrons. The van der Waals surface area contributed by atoms with E-state index in [-0.39, 0.29) is 23.4 Å². The van der Waals surface area contributed by atoms with E-state index in [0.717, 1.165) is 11.8 Å². The number of amides is 2. The second-order valence-electron chi connectivity index (χ2n) is 5.01. The van der Waals surface area contributed by atoms with Crippen LogP contribution in [0.1, 0.15) is 6.42 Å². The number of carbonyl (C=O) groups excluding carboxylic acids is 2. The number of nitrogens with one attached hydrogen (secondary N) is 3. The number of fused-ring (bicyclic) bond motifs is 1. The van der Waals surface area contributed by atoms with Crippen LogP contribution >= 0.6 is 11.8 Å². The van der Waals surface area contributed by atoms with Gasteiger partial charge in [0.25, 0.3) is 0 Å². The monoisotopic (exact) mass is 349 g/mol. The maximum atomic E-state index is 12.1.